The van der Waals surface area contributed by atoms with Gasteiger partial charge in [0.1, 0.15) is 5.82 Å². The molecule has 12 heteroatoms. The standard InChI is InChI=1S/C22H19ClFN5O4S/c1-13-8-9-25-22(26-13)28-34(32,33)17-5-2-15(3-6-17)27-21(31)14-10-20(30)29(12-14)16-4-7-19(24)18(23)11-16/h2-9,11,14H,10,12H2,1H3,(H,27,31)(H,25,26,28). The van der Waals surface area contributed by atoms with Gasteiger partial charge in [-0.15, -0.1) is 0 Å². The fraction of sp³-hybridized carbons (Fsp3) is 0.182. The lowest BCUT2D eigenvalue weighted by Crippen LogP contribution is -2.28. The molecule has 1 atom stereocenters. The number of hydrogen-bond donors (Lipinski definition) is 2. The second-order valence-electron chi connectivity index (χ2n) is 7.64. The van der Waals surface area contributed by atoms with Crippen LogP contribution in [-0.2, 0) is 19.6 Å². The zero-order chi connectivity index (χ0) is 24.5. The summed E-state index contributed by atoms with van der Waals surface area (Å²) in [6.07, 6.45) is 1.42. The van der Waals surface area contributed by atoms with Crippen LogP contribution in [0.25, 0.3) is 0 Å². The summed E-state index contributed by atoms with van der Waals surface area (Å²) in [4.78, 5) is 34.3. The van der Waals surface area contributed by atoms with Crippen molar-refractivity contribution in [3.63, 3.8) is 0 Å². The maximum absolute atomic E-state index is 13.4. The van der Waals surface area contributed by atoms with E-state index in [1.54, 1.807) is 13.0 Å². The highest BCUT2D eigenvalue weighted by atomic mass is 35.5. The van der Waals surface area contributed by atoms with Crippen molar-refractivity contribution in [1.29, 1.82) is 0 Å². The largest absolute Gasteiger partial charge is 0.326 e. The number of anilines is 3. The Balaban J connectivity index is 1.41. The minimum absolute atomic E-state index is 0.0201. The summed E-state index contributed by atoms with van der Waals surface area (Å²) in [7, 11) is -3.92. The normalized spacial score (nSPS) is 15.9. The van der Waals surface area contributed by atoms with Crippen molar-refractivity contribution >= 4 is 50.8 Å². The molecular formula is C22H19ClFN5O4S. The van der Waals surface area contributed by atoms with Gasteiger partial charge >= 0.3 is 0 Å². The van der Waals surface area contributed by atoms with Crippen molar-refractivity contribution in [3.8, 4) is 0 Å². The van der Waals surface area contributed by atoms with Gasteiger partial charge in [-0.05, 0) is 55.5 Å². The van der Waals surface area contributed by atoms with Crippen molar-refractivity contribution in [3.05, 3.63) is 71.3 Å². The monoisotopic (exact) mass is 503 g/mol. The summed E-state index contributed by atoms with van der Waals surface area (Å²) in [5, 5.41) is 2.57. The zero-order valence-electron chi connectivity index (χ0n) is 17.8. The van der Waals surface area contributed by atoms with E-state index >= 15 is 0 Å². The molecule has 1 aromatic heterocycles. The number of amides is 2. The molecule has 1 fully saturated rings. The number of aryl methyl sites for hydroxylation is 1. The van der Waals surface area contributed by atoms with Crippen LogP contribution in [0.1, 0.15) is 12.1 Å². The third-order valence-electron chi connectivity index (χ3n) is 5.16. The van der Waals surface area contributed by atoms with Gasteiger partial charge in [-0.25, -0.2) is 27.5 Å². The lowest BCUT2D eigenvalue weighted by atomic mass is 10.1. The molecule has 9 nitrogen and oxygen atoms in total. The molecule has 3 aromatic rings. The predicted octanol–water partition coefficient (Wildman–Crippen LogP) is 3.37. The first-order chi connectivity index (χ1) is 16.1. The molecule has 0 radical (unpaired) electrons. The van der Waals surface area contributed by atoms with Gasteiger partial charge in [0.25, 0.3) is 10.0 Å². The molecular weight excluding hydrogens is 485 g/mol. The fourth-order valence-corrected chi connectivity index (χ4v) is 4.55. The highest BCUT2D eigenvalue weighted by molar-refractivity contribution is 7.92. The number of nitrogens with zero attached hydrogens (tertiary/aromatic N) is 3. The molecule has 0 bridgehead atoms. The molecule has 1 saturated heterocycles. The molecule has 34 heavy (non-hydrogen) atoms. The maximum Gasteiger partial charge on any atom is 0.264 e. The average Bonchev–Trinajstić information content (AvgIpc) is 3.17. The van der Waals surface area contributed by atoms with E-state index in [2.05, 4.69) is 20.0 Å². The van der Waals surface area contributed by atoms with E-state index in [0.717, 1.165) is 6.07 Å². The van der Waals surface area contributed by atoms with Crippen molar-refractivity contribution in [2.75, 3.05) is 21.5 Å². The predicted molar refractivity (Wildman–Crippen MR) is 125 cm³/mol. The topological polar surface area (TPSA) is 121 Å². The van der Waals surface area contributed by atoms with Gasteiger partial charge in [0.15, 0.2) is 0 Å². The first-order valence-electron chi connectivity index (χ1n) is 10.1. The fourth-order valence-electron chi connectivity index (χ4n) is 3.42. The Hall–Kier alpha value is -3.57. The Morgan fingerprint density at radius 3 is 2.59 bits per heavy atom. The van der Waals surface area contributed by atoms with Crippen LogP contribution in [0.4, 0.5) is 21.7 Å². The smallest absolute Gasteiger partial charge is 0.264 e. The number of carbonyl (C=O) groups is 2. The first kappa shape index (κ1) is 23.6. The summed E-state index contributed by atoms with van der Waals surface area (Å²) in [5.74, 6) is -1.96. The van der Waals surface area contributed by atoms with Gasteiger partial charge in [0.2, 0.25) is 17.8 Å². The lowest BCUT2D eigenvalue weighted by molar-refractivity contribution is -0.122. The maximum atomic E-state index is 13.4. The molecule has 2 heterocycles. The van der Waals surface area contributed by atoms with Crippen molar-refractivity contribution in [1.82, 2.24) is 9.97 Å². The minimum Gasteiger partial charge on any atom is -0.326 e. The SMILES string of the molecule is Cc1ccnc(NS(=O)(=O)c2ccc(NC(=O)C3CC(=O)N(c4ccc(F)c(Cl)c4)C3)cc2)n1. The molecule has 0 saturated carbocycles. The van der Waals surface area contributed by atoms with Crippen LogP contribution in [-0.4, -0.2) is 36.7 Å². The number of hydrogen-bond acceptors (Lipinski definition) is 6. The third kappa shape index (κ3) is 5.15. The Bertz CT molecular complexity index is 1370. The molecule has 1 aliphatic rings. The molecule has 1 unspecified atom stereocenters. The van der Waals surface area contributed by atoms with Crippen LogP contribution >= 0.6 is 11.6 Å². The van der Waals surface area contributed by atoms with Crippen LogP contribution in [0.2, 0.25) is 5.02 Å². The number of rotatable bonds is 6. The van der Waals surface area contributed by atoms with E-state index < -0.39 is 27.7 Å². The summed E-state index contributed by atoms with van der Waals surface area (Å²) in [6, 6.07) is 11.1. The number of carbonyl (C=O) groups excluding carboxylic acids is 2. The molecule has 4 rings (SSSR count). The van der Waals surface area contributed by atoms with E-state index in [0.29, 0.717) is 17.1 Å². The summed E-state index contributed by atoms with van der Waals surface area (Å²) in [5.41, 5.74) is 1.38. The number of nitrogens with one attached hydrogen (secondary N) is 2. The van der Waals surface area contributed by atoms with Crippen LogP contribution in [0.3, 0.4) is 0 Å². The molecule has 2 N–H and O–H groups in total. The van der Waals surface area contributed by atoms with Gasteiger partial charge in [-0.1, -0.05) is 11.6 Å². The van der Waals surface area contributed by atoms with Crippen LogP contribution < -0.4 is 14.9 Å². The molecule has 0 aliphatic carbocycles. The van der Waals surface area contributed by atoms with Gasteiger partial charge in [0, 0.05) is 36.2 Å². The van der Waals surface area contributed by atoms with Crippen LogP contribution in [0.5, 0.6) is 0 Å². The van der Waals surface area contributed by atoms with Gasteiger partial charge in [-0.2, -0.15) is 0 Å². The Morgan fingerprint density at radius 1 is 1.18 bits per heavy atom. The highest BCUT2D eigenvalue weighted by Gasteiger charge is 2.35. The second kappa shape index (κ2) is 9.35. The van der Waals surface area contributed by atoms with Crippen molar-refractivity contribution in [2.24, 2.45) is 5.92 Å². The summed E-state index contributed by atoms with van der Waals surface area (Å²) in [6.45, 7) is 1.82. The zero-order valence-corrected chi connectivity index (χ0v) is 19.4. The second-order valence-corrected chi connectivity index (χ2v) is 9.73. The quantitative estimate of drug-likeness (QED) is 0.532. The number of sulfonamides is 1. The molecule has 176 valence electrons. The van der Waals surface area contributed by atoms with Crippen LogP contribution in [0.15, 0.2) is 59.6 Å². The number of halogens is 2. The Kier molecular flexibility index (Phi) is 6.49. The van der Waals surface area contributed by atoms with Crippen molar-refractivity contribution < 1.29 is 22.4 Å². The lowest BCUT2D eigenvalue weighted by Gasteiger charge is -2.17. The van der Waals surface area contributed by atoms with Gasteiger partial charge in [0.05, 0.1) is 15.8 Å². The Labute approximate surface area is 200 Å². The molecule has 2 amide bonds. The van der Waals surface area contributed by atoms with Crippen LogP contribution in [0, 0.1) is 18.7 Å². The molecule has 2 aromatic carbocycles. The minimum atomic E-state index is -3.92. The molecule has 1 aliphatic heterocycles. The average molecular weight is 504 g/mol. The van der Waals surface area contributed by atoms with Gasteiger partial charge < -0.3 is 10.2 Å². The third-order valence-corrected chi connectivity index (χ3v) is 6.80. The number of aromatic nitrogens is 2. The molecule has 0 spiro atoms. The first-order valence-corrected chi connectivity index (χ1v) is 12.0. The highest BCUT2D eigenvalue weighted by Crippen LogP contribution is 2.29. The summed E-state index contributed by atoms with van der Waals surface area (Å²) >= 11 is 5.80. The van der Waals surface area contributed by atoms with Gasteiger partial charge in [-0.3, -0.25) is 9.59 Å². The van der Waals surface area contributed by atoms with E-state index in [9.17, 15) is 22.4 Å². The van der Waals surface area contributed by atoms with E-state index in [1.807, 2.05) is 0 Å². The van der Waals surface area contributed by atoms with Crippen molar-refractivity contribution in [2.45, 2.75) is 18.2 Å². The number of benzene rings is 2. The summed E-state index contributed by atoms with van der Waals surface area (Å²) < 4.78 is 40.8. The Morgan fingerprint density at radius 2 is 1.91 bits per heavy atom. The van der Waals surface area contributed by atoms with E-state index in [4.69, 9.17) is 11.6 Å². The van der Waals surface area contributed by atoms with E-state index in [-0.39, 0.29) is 34.7 Å². The van der Waals surface area contributed by atoms with E-state index in [1.165, 1.54) is 47.5 Å².